The van der Waals surface area contributed by atoms with Gasteiger partial charge < -0.3 is 14.9 Å². The van der Waals surface area contributed by atoms with E-state index in [2.05, 4.69) is 9.19 Å². The summed E-state index contributed by atoms with van der Waals surface area (Å²) >= 11 is 0. The van der Waals surface area contributed by atoms with Gasteiger partial charge in [0.2, 0.25) is 5.91 Å². The molecule has 0 atom stereocenters. The summed E-state index contributed by atoms with van der Waals surface area (Å²) < 4.78 is 26.0. The first-order valence-corrected chi connectivity index (χ1v) is 6.66. The number of nitrogens with two attached hydrogens (primary N) is 1. The minimum atomic E-state index is -3.41. The number of rotatable bonds is 7. The van der Waals surface area contributed by atoms with E-state index in [1.165, 1.54) is 0 Å². The van der Waals surface area contributed by atoms with Crippen LogP contribution < -0.4 is 11.1 Å². The van der Waals surface area contributed by atoms with Crippen LogP contribution in [0, 0.1) is 0 Å². The fourth-order valence-corrected chi connectivity index (χ4v) is 1.77. The zero-order chi connectivity index (χ0) is 11.0. The Balaban J connectivity index is 3.59. The summed E-state index contributed by atoms with van der Waals surface area (Å²) in [6, 6.07) is 0. The quantitative estimate of drug-likeness (QED) is 0.478. The number of carbonyl (C=O) groups is 1. The van der Waals surface area contributed by atoms with Crippen molar-refractivity contribution >= 4 is 26.5 Å². The number of hydrogen-bond donors (Lipinski definition) is 2. The molecule has 0 aliphatic carbocycles. The number of amides is 1. The fourth-order valence-electron chi connectivity index (χ4n) is 0.750. The molecule has 8 heteroatoms. The molecule has 14 heavy (non-hydrogen) atoms. The van der Waals surface area contributed by atoms with Crippen LogP contribution in [0.25, 0.3) is 0 Å². The van der Waals surface area contributed by atoms with E-state index in [0.717, 1.165) is 0 Å². The van der Waals surface area contributed by atoms with Gasteiger partial charge in [-0.25, -0.2) is 8.42 Å². The van der Waals surface area contributed by atoms with Gasteiger partial charge >= 0.3 is 0 Å². The predicted molar refractivity (Wildman–Crippen MR) is 56.1 cm³/mol. The highest BCUT2D eigenvalue weighted by Crippen LogP contribution is 1.89. The van der Waals surface area contributed by atoms with Crippen molar-refractivity contribution < 1.29 is 17.1 Å². The molecule has 0 unspecified atom stereocenters. The molecule has 0 bridgehead atoms. The zero-order valence-corrected chi connectivity index (χ0v) is 11.0. The molecule has 84 valence electrons. The molecule has 1 amide bonds. The molecule has 0 rings (SSSR count). The SMILES string of the molecule is NCCCC(=O)NCCS(=O)(=O)O[SiH3]. The van der Waals surface area contributed by atoms with Gasteiger partial charge in [-0.1, -0.05) is 0 Å². The van der Waals surface area contributed by atoms with Gasteiger partial charge in [-0.15, -0.1) is 0 Å². The Morgan fingerprint density at radius 3 is 2.64 bits per heavy atom. The van der Waals surface area contributed by atoms with Crippen LogP contribution in [-0.2, 0) is 18.8 Å². The van der Waals surface area contributed by atoms with Gasteiger partial charge in [0.15, 0.2) is 10.5 Å². The highest BCUT2D eigenvalue weighted by molar-refractivity contribution is 7.87. The van der Waals surface area contributed by atoms with E-state index in [4.69, 9.17) is 5.73 Å². The first-order valence-electron chi connectivity index (χ1n) is 4.27. The molecule has 3 N–H and O–H groups in total. The van der Waals surface area contributed by atoms with Crippen molar-refractivity contribution in [1.29, 1.82) is 0 Å². The summed E-state index contributed by atoms with van der Waals surface area (Å²) in [5.74, 6) is -0.357. The molecule has 0 aromatic carbocycles. The van der Waals surface area contributed by atoms with E-state index in [9.17, 15) is 13.2 Å². The van der Waals surface area contributed by atoms with Crippen LogP contribution in [0.15, 0.2) is 0 Å². The maximum absolute atomic E-state index is 11.0. The van der Waals surface area contributed by atoms with E-state index < -0.39 is 10.1 Å². The van der Waals surface area contributed by atoms with Crippen LogP contribution >= 0.6 is 0 Å². The molecular weight excluding hydrogens is 224 g/mol. The van der Waals surface area contributed by atoms with Crippen molar-refractivity contribution in [3.63, 3.8) is 0 Å². The third kappa shape index (κ3) is 7.01. The van der Waals surface area contributed by atoms with E-state index >= 15 is 0 Å². The van der Waals surface area contributed by atoms with Gasteiger partial charge in [0, 0.05) is 13.0 Å². The lowest BCUT2D eigenvalue weighted by molar-refractivity contribution is -0.121. The standard InChI is InChI=1S/C6H16N2O4SSi/c7-3-1-2-6(9)8-4-5-13(10,11)12-14/h1-5,7H2,14H3,(H,8,9). The van der Waals surface area contributed by atoms with Crippen LogP contribution in [0.1, 0.15) is 12.8 Å². The number of hydrogen-bond acceptors (Lipinski definition) is 5. The first kappa shape index (κ1) is 13.6. The lowest BCUT2D eigenvalue weighted by atomic mass is 10.3. The number of carbonyl (C=O) groups excluding carboxylic acids is 1. The maximum atomic E-state index is 11.0. The van der Waals surface area contributed by atoms with Gasteiger partial charge in [-0.2, -0.15) is 0 Å². The van der Waals surface area contributed by atoms with Crippen molar-refractivity contribution in [1.82, 2.24) is 5.32 Å². The molecule has 6 nitrogen and oxygen atoms in total. The molecule has 0 saturated carbocycles. The Hall–Kier alpha value is -0.443. The van der Waals surface area contributed by atoms with E-state index in [1.807, 2.05) is 0 Å². The highest BCUT2D eigenvalue weighted by Gasteiger charge is 2.08. The Kier molecular flexibility index (Phi) is 6.71. The monoisotopic (exact) mass is 240 g/mol. The third-order valence-electron chi connectivity index (χ3n) is 1.54. The lowest BCUT2D eigenvalue weighted by Gasteiger charge is -2.04. The van der Waals surface area contributed by atoms with Gasteiger partial charge in [0.05, 0.1) is 5.75 Å². The summed E-state index contributed by atoms with van der Waals surface area (Å²) in [4.78, 5) is 11.0. The predicted octanol–water partition coefficient (Wildman–Crippen LogP) is -2.53. The second kappa shape index (κ2) is 6.93. The van der Waals surface area contributed by atoms with E-state index in [1.54, 1.807) is 0 Å². The molecule has 0 fully saturated rings. The van der Waals surface area contributed by atoms with Crippen molar-refractivity contribution in [3.05, 3.63) is 0 Å². The smallest absolute Gasteiger partial charge is 0.258 e. The largest absolute Gasteiger partial charge is 0.355 e. The van der Waals surface area contributed by atoms with Crippen molar-refractivity contribution in [3.8, 4) is 0 Å². The minimum Gasteiger partial charge on any atom is -0.355 e. The molecule has 0 aromatic rings. The topological polar surface area (TPSA) is 98.5 Å². The third-order valence-corrected chi connectivity index (χ3v) is 4.27. The summed E-state index contributed by atoms with van der Waals surface area (Å²) in [7, 11) is -3.27. The molecule has 0 aliphatic heterocycles. The first-order chi connectivity index (χ1) is 6.52. The second-order valence-electron chi connectivity index (χ2n) is 2.67. The molecular formula is C6H16N2O4SSi. The lowest BCUT2D eigenvalue weighted by Crippen LogP contribution is -2.29. The molecule has 0 aromatic heterocycles. The van der Waals surface area contributed by atoms with Crippen LogP contribution in [0.2, 0.25) is 0 Å². The molecule has 0 spiro atoms. The average molecular weight is 240 g/mol. The van der Waals surface area contributed by atoms with Crippen molar-refractivity contribution in [2.24, 2.45) is 5.73 Å². The summed E-state index contributed by atoms with van der Waals surface area (Å²) in [6.45, 7) is 0.545. The fraction of sp³-hybridized carbons (Fsp3) is 0.833. The summed E-state index contributed by atoms with van der Waals surface area (Å²) in [5.41, 5.74) is 5.20. The minimum absolute atomic E-state index is 0.0912. The maximum Gasteiger partial charge on any atom is 0.258 e. The van der Waals surface area contributed by atoms with Crippen molar-refractivity contribution in [2.45, 2.75) is 12.8 Å². The summed E-state index contributed by atoms with van der Waals surface area (Å²) in [6.07, 6.45) is 0.939. The zero-order valence-electron chi connectivity index (χ0n) is 8.15. The van der Waals surface area contributed by atoms with E-state index in [-0.39, 0.29) is 28.7 Å². The molecule has 0 heterocycles. The van der Waals surface area contributed by atoms with Gasteiger partial charge in [-0.3, -0.25) is 4.79 Å². The number of nitrogens with one attached hydrogen (secondary N) is 1. The van der Waals surface area contributed by atoms with Crippen LogP contribution in [0.3, 0.4) is 0 Å². The van der Waals surface area contributed by atoms with E-state index in [0.29, 0.717) is 19.4 Å². The molecule has 0 saturated heterocycles. The normalized spacial score (nSPS) is 11.5. The average Bonchev–Trinajstić information content (AvgIpc) is 2.14. The Labute approximate surface area is 86.9 Å². The van der Waals surface area contributed by atoms with Crippen LogP contribution in [-0.4, -0.2) is 43.7 Å². The van der Waals surface area contributed by atoms with Crippen LogP contribution in [0.4, 0.5) is 0 Å². The van der Waals surface area contributed by atoms with Crippen molar-refractivity contribution in [2.75, 3.05) is 18.8 Å². The van der Waals surface area contributed by atoms with Gasteiger partial charge in [-0.05, 0) is 13.0 Å². The Morgan fingerprint density at radius 2 is 2.14 bits per heavy atom. The van der Waals surface area contributed by atoms with Gasteiger partial charge in [0.1, 0.15) is 0 Å². The second-order valence-corrected chi connectivity index (χ2v) is 5.53. The molecule has 0 aliphatic rings. The highest BCUT2D eigenvalue weighted by atomic mass is 32.2. The molecule has 0 radical (unpaired) electrons. The Morgan fingerprint density at radius 1 is 1.50 bits per heavy atom. The van der Waals surface area contributed by atoms with Gasteiger partial charge in [0.25, 0.3) is 10.1 Å². The Bertz CT molecular complexity index is 267. The van der Waals surface area contributed by atoms with Crippen LogP contribution in [0.5, 0.6) is 0 Å². The summed E-state index contributed by atoms with van der Waals surface area (Å²) in [5, 5.41) is 2.47.